The molecule has 0 bridgehead atoms. The van der Waals surface area contributed by atoms with Crippen molar-refractivity contribution in [1.29, 1.82) is 0 Å². The van der Waals surface area contributed by atoms with Crippen LogP contribution in [0.1, 0.15) is 19.3 Å². The summed E-state index contributed by atoms with van der Waals surface area (Å²) in [5.74, 6) is 0.0771. The summed E-state index contributed by atoms with van der Waals surface area (Å²) in [5, 5.41) is 2.80. The zero-order valence-electron chi connectivity index (χ0n) is 12.9. The number of hydrogen-bond donors (Lipinski definition) is 1. The molecule has 2 saturated heterocycles. The molecule has 0 unspecified atom stereocenters. The quantitative estimate of drug-likeness (QED) is 0.925. The fourth-order valence-electron chi connectivity index (χ4n) is 3.25. The summed E-state index contributed by atoms with van der Waals surface area (Å²) in [6.45, 7) is 0.915. The number of halogens is 2. The van der Waals surface area contributed by atoms with Crippen LogP contribution in [0.25, 0.3) is 0 Å². The predicted molar refractivity (Wildman–Crippen MR) is 82.9 cm³/mol. The van der Waals surface area contributed by atoms with Gasteiger partial charge in [-0.1, -0.05) is 0 Å². The van der Waals surface area contributed by atoms with Gasteiger partial charge >= 0.3 is 12.6 Å². The van der Waals surface area contributed by atoms with E-state index in [0.29, 0.717) is 11.7 Å². The van der Waals surface area contributed by atoms with Crippen LogP contribution >= 0.6 is 0 Å². The van der Waals surface area contributed by atoms with Crippen molar-refractivity contribution >= 4 is 11.7 Å². The lowest BCUT2D eigenvalue weighted by atomic mass is 10.2. The fourth-order valence-corrected chi connectivity index (χ4v) is 3.25. The van der Waals surface area contributed by atoms with Crippen LogP contribution in [0.3, 0.4) is 0 Å². The molecule has 0 saturated carbocycles. The lowest BCUT2D eigenvalue weighted by molar-refractivity contribution is -0.0498. The van der Waals surface area contributed by atoms with E-state index in [1.807, 2.05) is 4.90 Å². The Morgan fingerprint density at radius 3 is 2.52 bits per heavy atom. The smallest absolute Gasteiger partial charge is 0.387 e. The number of urea groups is 1. The van der Waals surface area contributed by atoms with E-state index in [4.69, 9.17) is 0 Å². The molecule has 2 aliphatic heterocycles. The molecule has 0 radical (unpaired) electrons. The predicted octanol–water partition coefficient (Wildman–Crippen LogP) is 2.99. The first-order valence-corrected chi connectivity index (χ1v) is 7.96. The number of hydrogen-bond acceptors (Lipinski definition) is 3. The van der Waals surface area contributed by atoms with Crippen LogP contribution in [0.15, 0.2) is 24.3 Å². The molecule has 7 heteroatoms. The van der Waals surface area contributed by atoms with Gasteiger partial charge in [-0.25, -0.2) is 4.79 Å². The third-order valence-electron chi connectivity index (χ3n) is 4.44. The van der Waals surface area contributed by atoms with Gasteiger partial charge in [0.1, 0.15) is 5.75 Å². The second-order valence-corrected chi connectivity index (χ2v) is 5.96. The van der Waals surface area contributed by atoms with Gasteiger partial charge in [0.2, 0.25) is 0 Å². The molecule has 1 aromatic carbocycles. The summed E-state index contributed by atoms with van der Waals surface area (Å²) in [6, 6.07) is 6.27. The largest absolute Gasteiger partial charge is 0.435 e. The number of benzene rings is 1. The molecular weight excluding hydrogens is 304 g/mol. The highest BCUT2D eigenvalue weighted by Crippen LogP contribution is 2.22. The summed E-state index contributed by atoms with van der Waals surface area (Å²) in [6.07, 6.45) is 3.50. The Morgan fingerprint density at radius 1 is 1.17 bits per heavy atom. The minimum Gasteiger partial charge on any atom is -0.435 e. The maximum absolute atomic E-state index is 12.3. The topological polar surface area (TPSA) is 44.8 Å². The van der Waals surface area contributed by atoms with Crippen molar-refractivity contribution in [3.8, 4) is 5.75 Å². The van der Waals surface area contributed by atoms with E-state index >= 15 is 0 Å². The minimum absolute atomic E-state index is 0.0771. The van der Waals surface area contributed by atoms with Crippen LogP contribution in [0.4, 0.5) is 19.3 Å². The molecule has 5 nitrogen and oxygen atoms in total. The number of amides is 2. The Kier molecular flexibility index (Phi) is 4.95. The van der Waals surface area contributed by atoms with Crippen molar-refractivity contribution < 1.29 is 18.3 Å². The van der Waals surface area contributed by atoms with E-state index in [1.54, 1.807) is 12.1 Å². The summed E-state index contributed by atoms with van der Waals surface area (Å²) < 4.78 is 28.5. The summed E-state index contributed by atoms with van der Waals surface area (Å²) in [5.41, 5.74) is 0.571. The van der Waals surface area contributed by atoms with Gasteiger partial charge in [-0.2, -0.15) is 8.78 Å². The molecule has 0 spiro atoms. The van der Waals surface area contributed by atoms with Gasteiger partial charge in [0.05, 0.1) is 0 Å². The highest BCUT2D eigenvalue weighted by atomic mass is 19.3. The highest BCUT2D eigenvalue weighted by Gasteiger charge is 2.31. The van der Waals surface area contributed by atoms with Gasteiger partial charge < -0.3 is 15.0 Å². The lowest BCUT2D eigenvalue weighted by Gasteiger charge is -2.23. The van der Waals surface area contributed by atoms with Crippen molar-refractivity contribution in [3.63, 3.8) is 0 Å². The van der Waals surface area contributed by atoms with Gasteiger partial charge in [0, 0.05) is 24.8 Å². The van der Waals surface area contributed by atoms with Crippen molar-refractivity contribution in [1.82, 2.24) is 9.80 Å². The summed E-state index contributed by atoms with van der Waals surface area (Å²) in [4.78, 5) is 16.6. The Bertz CT molecular complexity index is 533. The first kappa shape index (κ1) is 16.0. The van der Waals surface area contributed by atoms with Gasteiger partial charge in [-0.05, 0) is 56.6 Å². The third-order valence-corrected chi connectivity index (χ3v) is 4.44. The fraction of sp³-hybridized carbons (Fsp3) is 0.562. The van der Waals surface area contributed by atoms with Gasteiger partial charge in [0.15, 0.2) is 0 Å². The number of anilines is 1. The zero-order chi connectivity index (χ0) is 16.2. The molecule has 0 aliphatic carbocycles. The molecule has 126 valence electrons. The van der Waals surface area contributed by atoms with E-state index < -0.39 is 6.61 Å². The van der Waals surface area contributed by atoms with Crippen LogP contribution < -0.4 is 10.1 Å². The van der Waals surface area contributed by atoms with Crippen LogP contribution in [0, 0.1) is 0 Å². The third kappa shape index (κ3) is 4.10. The monoisotopic (exact) mass is 325 g/mol. The molecule has 2 fully saturated rings. The van der Waals surface area contributed by atoms with Gasteiger partial charge in [-0.3, -0.25) is 4.90 Å². The Morgan fingerprint density at radius 2 is 1.87 bits per heavy atom. The van der Waals surface area contributed by atoms with Crippen molar-refractivity contribution in [2.75, 3.05) is 31.5 Å². The number of nitrogens with one attached hydrogen (secondary N) is 1. The summed E-state index contributed by atoms with van der Waals surface area (Å²) in [7, 11) is 0. The average Bonchev–Trinajstić information content (AvgIpc) is 3.19. The number of alkyl halides is 2. The maximum Gasteiger partial charge on any atom is 0.387 e. The van der Waals surface area contributed by atoms with E-state index in [1.165, 1.54) is 25.0 Å². The average molecular weight is 325 g/mol. The molecular formula is C16H21F2N3O2. The molecule has 0 aromatic heterocycles. The van der Waals surface area contributed by atoms with Crippen LogP contribution in [-0.2, 0) is 0 Å². The van der Waals surface area contributed by atoms with Crippen molar-refractivity contribution in [2.45, 2.75) is 31.9 Å². The standard InChI is InChI=1S/C16H21F2N3O2/c17-15(18)23-14-5-3-12(4-6-14)19-16(22)21-10-7-13(11-21)20-8-1-2-9-20/h3-6,13,15H,1-2,7-11H2,(H,19,22)/t13-/m1/s1. The van der Waals surface area contributed by atoms with E-state index in [0.717, 1.165) is 32.6 Å². The molecule has 3 rings (SSSR count). The van der Waals surface area contributed by atoms with Crippen LogP contribution in [-0.4, -0.2) is 54.7 Å². The first-order valence-electron chi connectivity index (χ1n) is 7.96. The second kappa shape index (κ2) is 7.12. The van der Waals surface area contributed by atoms with E-state index in [9.17, 15) is 13.6 Å². The Labute approximate surface area is 134 Å². The summed E-state index contributed by atoms with van der Waals surface area (Å²) >= 11 is 0. The molecule has 2 aliphatic rings. The molecule has 2 heterocycles. The molecule has 1 atom stereocenters. The van der Waals surface area contributed by atoms with E-state index in [-0.39, 0.29) is 11.8 Å². The van der Waals surface area contributed by atoms with Crippen molar-refractivity contribution in [2.24, 2.45) is 0 Å². The van der Waals surface area contributed by atoms with Crippen LogP contribution in [0.5, 0.6) is 5.75 Å². The van der Waals surface area contributed by atoms with Crippen LogP contribution in [0.2, 0.25) is 0 Å². The SMILES string of the molecule is O=C(Nc1ccc(OC(F)F)cc1)N1CC[C@@H](N2CCCC2)C1. The molecule has 2 amide bonds. The van der Waals surface area contributed by atoms with Gasteiger partial charge in [-0.15, -0.1) is 0 Å². The second-order valence-electron chi connectivity index (χ2n) is 5.96. The Balaban J connectivity index is 1.51. The Hall–Kier alpha value is -1.89. The maximum atomic E-state index is 12.3. The van der Waals surface area contributed by atoms with Crippen molar-refractivity contribution in [3.05, 3.63) is 24.3 Å². The normalized spacial score (nSPS) is 21.9. The molecule has 1 aromatic rings. The first-order chi connectivity index (χ1) is 11.1. The number of carbonyl (C=O) groups excluding carboxylic acids is 1. The number of carbonyl (C=O) groups is 1. The molecule has 23 heavy (non-hydrogen) atoms. The number of nitrogens with zero attached hydrogens (tertiary/aromatic N) is 2. The minimum atomic E-state index is -2.84. The highest BCUT2D eigenvalue weighted by molar-refractivity contribution is 5.89. The number of ether oxygens (including phenoxy) is 1. The van der Waals surface area contributed by atoms with E-state index in [2.05, 4.69) is 15.0 Å². The number of rotatable bonds is 4. The van der Waals surface area contributed by atoms with Gasteiger partial charge in [0.25, 0.3) is 0 Å². The zero-order valence-corrected chi connectivity index (χ0v) is 12.9. The molecule has 1 N–H and O–H groups in total. The lowest BCUT2D eigenvalue weighted by Crippen LogP contribution is -2.38. The number of likely N-dealkylation sites (tertiary alicyclic amines) is 2.